The Morgan fingerprint density at radius 1 is 1.41 bits per heavy atom. The van der Waals surface area contributed by atoms with Gasteiger partial charge in [0.2, 0.25) is 0 Å². The molecule has 0 aromatic carbocycles. The number of morpholine rings is 1. The molecule has 4 nitrogen and oxygen atoms in total. The lowest BCUT2D eigenvalue weighted by Crippen LogP contribution is -2.37. The summed E-state index contributed by atoms with van der Waals surface area (Å²) < 4.78 is 6.34. The van der Waals surface area contributed by atoms with Gasteiger partial charge in [0.25, 0.3) is 0 Å². The number of hydrogen-bond acceptors (Lipinski definition) is 4. The first-order chi connectivity index (χ1) is 8.36. The lowest BCUT2D eigenvalue weighted by atomic mass is 10.3. The standard InChI is InChI=1S/C12H18BrN3O/c13-11-3-1-4-14-12(11)15-5-2-6-16-7-9-17-10-8-16/h1,3-4H,2,5-10H2,(H,14,15). The predicted molar refractivity (Wildman–Crippen MR) is 72.3 cm³/mol. The highest BCUT2D eigenvalue weighted by Gasteiger charge is 2.09. The molecule has 94 valence electrons. The molecule has 0 amide bonds. The number of halogens is 1. The first-order valence-electron chi connectivity index (χ1n) is 6.01. The number of nitrogens with one attached hydrogen (secondary N) is 1. The van der Waals surface area contributed by atoms with Crippen LogP contribution in [0.3, 0.4) is 0 Å². The third-order valence-electron chi connectivity index (χ3n) is 2.81. The normalized spacial score (nSPS) is 17.0. The molecule has 0 atom stereocenters. The maximum atomic E-state index is 5.32. The highest BCUT2D eigenvalue weighted by atomic mass is 79.9. The van der Waals surface area contributed by atoms with Crippen molar-refractivity contribution in [3.05, 3.63) is 22.8 Å². The molecule has 17 heavy (non-hydrogen) atoms. The van der Waals surface area contributed by atoms with Crippen molar-refractivity contribution in [2.24, 2.45) is 0 Å². The van der Waals surface area contributed by atoms with Crippen LogP contribution in [-0.2, 0) is 4.74 Å². The van der Waals surface area contributed by atoms with Gasteiger partial charge in [-0.25, -0.2) is 4.98 Å². The van der Waals surface area contributed by atoms with E-state index in [9.17, 15) is 0 Å². The first kappa shape index (κ1) is 12.8. The molecule has 0 radical (unpaired) electrons. The summed E-state index contributed by atoms with van der Waals surface area (Å²) in [5.41, 5.74) is 0. The average Bonchev–Trinajstić information content (AvgIpc) is 2.38. The summed E-state index contributed by atoms with van der Waals surface area (Å²) in [5, 5.41) is 3.34. The van der Waals surface area contributed by atoms with E-state index in [0.717, 1.165) is 56.1 Å². The molecular formula is C12H18BrN3O. The molecule has 1 aromatic rings. The van der Waals surface area contributed by atoms with Crippen molar-refractivity contribution in [2.75, 3.05) is 44.7 Å². The number of nitrogens with zero attached hydrogens (tertiary/aromatic N) is 2. The van der Waals surface area contributed by atoms with Crippen LogP contribution < -0.4 is 5.32 Å². The smallest absolute Gasteiger partial charge is 0.140 e. The zero-order chi connectivity index (χ0) is 11.9. The van der Waals surface area contributed by atoms with Gasteiger partial charge in [-0.2, -0.15) is 0 Å². The summed E-state index contributed by atoms with van der Waals surface area (Å²) in [7, 11) is 0. The van der Waals surface area contributed by atoms with Crippen molar-refractivity contribution < 1.29 is 4.74 Å². The fourth-order valence-electron chi connectivity index (χ4n) is 1.85. The third-order valence-corrected chi connectivity index (χ3v) is 3.45. The van der Waals surface area contributed by atoms with Gasteiger partial charge in [0, 0.05) is 25.8 Å². The van der Waals surface area contributed by atoms with E-state index < -0.39 is 0 Å². The topological polar surface area (TPSA) is 37.4 Å². The number of hydrogen-bond donors (Lipinski definition) is 1. The zero-order valence-corrected chi connectivity index (χ0v) is 11.4. The molecule has 0 unspecified atom stereocenters. The quantitative estimate of drug-likeness (QED) is 0.844. The SMILES string of the molecule is Brc1cccnc1NCCCN1CCOCC1. The monoisotopic (exact) mass is 299 g/mol. The van der Waals surface area contributed by atoms with Gasteiger partial charge in [-0.15, -0.1) is 0 Å². The molecule has 1 saturated heterocycles. The number of rotatable bonds is 5. The van der Waals surface area contributed by atoms with Gasteiger partial charge in [-0.1, -0.05) is 0 Å². The molecule has 0 saturated carbocycles. The molecule has 1 aliphatic rings. The summed E-state index contributed by atoms with van der Waals surface area (Å²) in [6, 6.07) is 3.92. The van der Waals surface area contributed by atoms with Gasteiger partial charge in [0.05, 0.1) is 17.7 Å². The minimum absolute atomic E-state index is 0.874. The number of ether oxygens (including phenoxy) is 1. The van der Waals surface area contributed by atoms with Crippen LogP contribution in [0.15, 0.2) is 22.8 Å². The third kappa shape index (κ3) is 4.26. The van der Waals surface area contributed by atoms with Crippen LogP contribution in [0.5, 0.6) is 0 Å². The van der Waals surface area contributed by atoms with Crippen LogP contribution in [0.4, 0.5) is 5.82 Å². The summed E-state index contributed by atoms with van der Waals surface area (Å²) in [6.07, 6.45) is 2.93. The second-order valence-electron chi connectivity index (χ2n) is 4.07. The largest absolute Gasteiger partial charge is 0.379 e. The van der Waals surface area contributed by atoms with E-state index in [4.69, 9.17) is 4.74 Å². The number of pyridine rings is 1. The fraction of sp³-hybridized carbons (Fsp3) is 0.583. The molecular weight excluding hydrogens is 282 g/mol. The van der Waals surface area contributed by atoms with Gasteiger partial charge in [0.15, 0.2) is 0 Å². The number of anilines is 1. The molecule has 2 heterocycles. The Hall–Kier alpha value is -0.650. The average molecular weight is 300 g/mol. The van der Waals surface area contributed by atoms with Crippen LogP contribution >= 0.6 is 15.9 Å². The van der Waals surface area contributed by atoms with Crippen molar-refractivity contribution in [2.45, 2.75) is 6.42 Å². The maximum Gasteiger partial charge on any atom is 0.140 e. The van der Waals surface area contributed by atoms with Crippen molar-refractivity contribution in [3.8, 4) is 0 Å². The summed E-state index contributed by atoms with van der Waals surface area (Å²) in [4.78, 5) is 6.71. The highest BCUT2D eigenvalue weighted by molar-refractivity contribution is 9.10. The van der Waals surface area contributed by atoms with E-state index in [1.54, 1.807) is 6.20 Å². The molecule has 5 heteroatoms. The van der Waals surface area contributed by atoms with Gasteiger partial charge in [0.1, 0.15) is 5.82 Å². The maximum absolute atomic E-state index is 5.32. The van der Waals surface area contributed by atoms with Crippen LogP contribution in [0.25, 0.3) is 0 Å². The van der Waals surface area contributed by atoms with Gasteiger partial charge >= 0.3 is 0 Å². The molecule has 0 bridgehead atoms. The van der Waals surface area contributed by atoms with Gasteiger partial charge < -0.3 is 10.1 Å². The molecule has 1 fully saturated rings. The molecule has 0 aliphatic carbocycles. The summed E-state index contributed by atoms with van der Waals surface area (Å²) >= 11 is 3.47. The van der Waals surface area contributed by atoms with E-state index in [2.05, 4.69) is 31.1 Å². The Bertz CT molecular complexity index is 342. The lowest BCUT2D eigenvalue weighted by Gasteiger charge is -2.26. The van der Waals surface area contributed by atoms with Crippen molar-refractivity contribution in [1.29, 1.82) is 0 Å². The Morgan fingerprint density at radius 3 is 3.00 bits per heavy atom. The van der Waals surface area contributed by atoms with Gasteiger partial charge in [-0.05, 0) is 41.0 Å². The zero-order valence-electron chi connectivity index (χ0n) is 9.86. The van der Waals surface area contributed by atoms with Crippen LogP contribution in [0.2, 0.25) is 0 Å². The van der Waals surface area contributed by atoms with E-state index in [1.165, 1.54) is 0 Å². The second kappa shape index (κ2) is 6.93. The minimum atomic E-state index is 0.874. The highest BCUT2D eigenvalue weighted by Crippen LogP contribution is 2.17. The minimum Gasteiger partial charge on any atom is -0.379 e. The van der Waals surface area contributed by atoms with Crippen LogP contribution in [0, 0.1) is 0 Å². The number of aromatic nitrogens is 1. The van der Waals surface area contributed by atoms with Gasteiger partial charge in [-0.3, -0.25) is 4.90 Å². The van der Waals surface area contributed by atoms with E-state index >= 15 is 0 Å². The molecule has 1 aromatic heterocycles. The Kier molecular flexibility index (Phi) is 5.22. The first-order valence-corrected chi connectivity index (χ1v) is 6.80. The van der Waals surface area contributed by atoms with E-state index in [1.807, 2.05) is 12.1 Å². The Morgan fingerprint density at radius 2 is 2.24 bits per heavy atom. The summed E-state index contributed by atoms with van der Waals surface area (Å²) in [5.74, 6) is 0.925. The fourth-order valence-corrected chi connectivity index (χ4v) is 2.25. The molecule has 0 spiro atoms. The van der Waals surface area contributed by atoms with Crippen molar-refractivity contribution in [3.63, 3.8) is 0 Å². The predicted octanol–water partition coefficient (Wildman–Crippen LogP) is 1.98. The van der Waals surface area contributed by atoms with Crippen molar-refractivity contribution in [1.82, 2.24) is 9.88 Å². The van der Waals surface area contributed by atoms with Crippen molar-refractivity contribution >= 4 is 21.7 Å². The van der Waals surface area contributed by atoms with Crippen LogP contribution in [-0.4, -0.2) is 49.3 Å². The Balaban J connectivity index is 1.64. The molecule has 1 N–H and O–H groups in total. The Labute approximate surface area is 110 Å². The molecule has 2 rings (SSSR count). The summed E-state index contributed by atoms with van der Waals surface area (Å²) in [6.45, 7) is 5.95. The van der Waals surface area contributed by atoms with E-state index in [0.29, 0.717) is 0 Å². The van der Waals surface area contributed by atoms with Crippen LogP contribution in [0.1, 0.15) is 6.42 Å². The molecule has 1 aliphatic heterocycles. The second-order valence-corrected chi connectivity index (χ2v) is 4.92. The van der Waals surface area contributed by atoms with E-state index in [-0.39, 0.29) is 0 Å². The lowest BCUT2D eigenvalue weighted by molar-refractivity contribution is 0.0378.